The van der Waals surface area contributed by atoms with Gasteiger partial charge in [0.25, 0.3) is 5.91 Å². The molecule has 204 valence electrons. The van der Waals surface area contributed by atoms with Gasteiger partial charge in [-0.2, -0.15) is 5.01 Å². The number of benzene rings is 2. The lowest BCUT2D eigenvalue weighted by molar-refractivity contribution is -0.152. The molecule has 2 aromatic carbocycles. The first-order valence-electron chi connectivity index (χ1n) is 12.7. The van der Waals surface area contributed by atoms with Crippen molar-refractivity contribution in [3.05, 3.63) is 65.4 Å². The van der Waals surface area contributed by atoms with E-state index >= 15 is 0 Å². The summed E-state index contributed by atoms with van der Waals surface area (Å²) in [5, 5.41) is 2.35. The molecule has 5 fully saturated rings. The molecule has 1 saturated heterocycles. The molecule has 2 aromatic rings. The second-order valence-electron chi connectivity index (χ2n) is 11.0. The van der Waals surface area contributed by atoms with Crippen LogP contribution in [0, 0.1) is 23.2 Å². The maximum atomic E-state index is 13.5. The van der Waals surface area contributed by atoms with Crippen molar-refractivity contribution in [2.24, 2.45) is 23.2 Å². The van der Waals surface area contributed by atoms with Crippen LogP contribution in [0.1, 0.15) is 49.7 Å². The molecular weight excluding hydrogens is 707 g/mol. The first-order chi connectivity index (χ1) is 18.6. The molecular formula is C28H24Br2Cl2N2O3S2. The second kappa shape index (κ2) is 11.0. The standard InChI is InChI=1S/C28H24Br2Cl2N2O3S2/c29-20-6-14(7-21(30)24(20)37-13-18-1-2-19(31)9-22(18)32)8-23-25(35)34(27(38)39-23)33-26(36)28-10-15-3-16(11-28)5-17(4-15)12-28/h1-2,6-9,15-17H,3-5,10-13H2,(H,33,36)/b23-8+. The Labute approximate surface area is 263 Å². The van der Waals surface area contributed by atoms with Crippen LogP contribution in [0.4, 0.5) is 0 Å². The van der Waals surface area contributed by atoms with E-state index in [2.05, 4.69) is 37.3 Å². The molecule has 0 atom stereocenters. The molecule has 39 heavy (non-hydrogen) atoms. The van der Waals surface area contributed by atoms with Gasteiger partial charge in [0, 0.05) is 15.6 Å². The number of hydrazine groups is 1. The van der Waals surface area contributed by atoms with Gasteiger partial charge in [-0.05, 0) is 136 Å². The zero-order chi connectivity index (χ0) is 27.5. The number of halogens is 4. The third-order valence-corrected chi connectivity index (χ3v) is 11.3. The number of carbonyl (C=O) groups is 2. The number of hydrogen-bond donors (Lipinski definition) is 1. The molecule has 7 rings (SSSR count). The summed E-state index contributed by atoms with van der Waals surface area (Å²) < 4.78 is 7.76. The molecule has 0 radical (unpaired) electrons. The van der Waals surface area contributed by atoms with Crippen LogP contribution in [-0.2, 0) is 16.2 Å². The van der Waals surface area contributed by atoms with Crippen molar-refractivity contribution in [1.29, 1.82) is 0 Å². The summed E-state index contributed by atoms with van der Waals surface area (Å²) in [6, 6.07) is 9.00. The summed E-state index contributed by atoms with van der Waals surface area (Å²) in [6.45, 7) is 0.259. The number of carbonyl (C=O) groups excluding carboxylic acids is 2. The van der Waals surface area contributed by atoms with E-state index < -0.39 is 0 Å². The Hall–Kier alpha value is -1.10. The lowest BCUT2D eigenvalue weighted by Crippen LogP contribution is -2.57. The van der Waals surface area contributed by atoms with Crippen molar-refractivity contribution in [3.8, 4) is 5.75 Å². The van der Waals surface area contributed by atoms with E-state index in [1.807, 2.05) is 18.2 Å². The van der Waals surface area contributed by atoms with Crippen LogP contribution >= 0.6 is 79.0 Å². The molecule has 0 unspecified atom stereocenters. The summed E-state index contributed by atoms with van der Waals surface area (Å²) in [5.41, 5.74) is 4.14. The Morgan fingerprint density at radius 1 is 1.10 bits per heavy atom. The van der Waals surface area contributed by atoms with Crippen molar-refractivity contribution in [2.45, 2.75) is 45.1 Å². The van der Waals surface area contributed by atoms with Crippen molar-refractivity contribution < 1.29 is 14.3 Å². The number of ether oxygens (including phenoxy) is 1. The molecule has 1 N–H and O–H groups in total. The normalized spacial score (nSPS) is 28.5. The SMILES string of the molecule is O=C1/C(=C\c2cc(Br)c(OCc3ccc(Cl)cc3Cl)c(Br)c2)SC(=S)N1NC(=O)C12CC3CC(CC(C3)C1)C2. The van der Waals surface area contributed by atoms with Gasteiger partial charge in [0.05, 0.1) is 19.3 Å². The quantitative estimate of drug-likeness (QED) is 0.239. The highest BCUT2D eigenvalue weighted by molar-refractivity contribution is 9.11. The molecule has 2 amide bonds. The number of thiocarbonyl (C=S) groups is 1. The van der Waals surface area contributed by atoms with Gasteiger partial charge in [-0.15, -0.1) is 0 Å². The van der Waals surface area contributed by atoms with E-state index in [0.717, 1.165) is 30.4 Å². The van der Waals surface area contributed by atoms with Crippen molar-refractivity contribution in [2.75, 3.05) is 0 Å². The van der Waals surface area contributed by atoms with E-state index in [4.69, 9.17) is 40.2 Å². The van der Waals surface area contributed by atoms with Crippen molar-refractivity contribution in [1.82, 2.24) is 10.4 Å². The van der Waals surface area contributed by atoms with Gasteiger partial charge >= 0.3 is 0 Å². The first kappa shape index (κ1) is 28.0. The number of nitrogens with zero attached hydrogens (tertiary/aromatic N) is 1. The minimum absolute atomic E-state index is 0.0491. The molecule has 5 nitrogen and oxygen atoms in total. The fraction of sp³-hybridized carbons (Fsp3) is 0.393. The van der Waals surface area contributed by atoms with Crippen molar-refractivity contribution in [3.63, 3.8) is 0 Å². The third-order valence-electron chi connectivity index (χ3n) is 8.23. The van der Waals surface area contributed by atoms with Gasteiger partial charge < -0.3 is 4.74 Å². The summed E-state index contributed by atoms with van der Waals surface area (Å²) >= 11 is 26.1. The lowest BCUT2D eigenvalue weighted by Gasteiger charge is -2.55. The largest absolute Gasteiger partial charge is 0.486 e. The molecule has 0 aromatic heterocycles. The van der Waals surface area contributed by atoms with Gasteiger partial charge in [0.1, 0.15) is 12.4 Å². The van der Waals surface area contributed by atoms with E-state index in [0.29, 0.717) is 51.7 Å². The Morgan fingerprint density at radius 3 is 2.31 bits per heavy atom. The van der Waals surface area contributed by atoms with E-state index in [1.54, 1.807) is 18.2 Å². The maximum Gasteiger partial charge on any atom is 0.285 e. The Morgan fingerprint density at radius 2 is 1.72 bits per heavy atom. The lowest BCUT2D eigenvalue weighted by atomic mass is 9.49. The predicted octanol–water partition coefficient (Wildman–Crippen LogP) is 8.55. The fourth-order valence-electron chi connectivity index (χ4n) is 6.91. The number of amides is 2. The molecule has 4 aliphatic carbocycles. The zero-order valence-electron chi connectivity index (χ0n) is 20.6. The summed E-state index contributed by atoms with van der Waals surface area (Å²) in [4.78, 5) is 27.3. The predicted molar refractivity (Wildman–Crippen MR) is 166 cm³/mol. The molecule has 1 heterocycles. The first-order valence-corrected chi connectivity index (χ1v) is 16.3. The third kappa shape index (κ3) is 5.56. The minimum atomic E-state index is -0.358. The van der Waals surface area contributed by atoms with Gasteiger partial charge in [-0.1, -0.05) is 41.0 Å². The number of rotatable bonds is 6. The number of nitrogens with one attached hydrogen (secondary N) is 1. The maximum absolute atomic E-state index is 13.5. The van der Waals surface area contributed by atoms with Crippen LogP contribution in [0.15, 0.2) is 44.2 Å². The monoisotopic (exact) mass is 728 g/mol. The van der Waals surface area contributed by atoms with Crippen LogP contribution in [0.25, 0.3) is 6.08 Å². The summed E-state index contributed by atoms with van der Waals surface area (Å²) in [5.74, 6) is 2.16. The van der Waals surface area contributed by atoms with Crippen molar-refractivity contribution >= 4 is 101 Å². The van der Waals surface area contributed by atoms with Gasteiger partial charge in [-0.3, -0.25) is 15.0 Å². The molecule has 1 aliphatic heterocycles. The molecule has 4 saturated carbocycles. The van der Waals surface area contributed by atoms with Crippen LogP contribution in [0.3, 0.4) is 0 Å². The molecule has 11 heteroatoms. The minimum Gasteiger partial charge on any atom is -0.486 e. The van der Waals surface area contributed by atoms with Crippen LogP contribution in [0.5, 0.6) is 5.75 Å². The Bertz CT molecular complexity index is 1380. The fourth-order valence-corrected chi connectivity index (χ4v) is 10.0. The second-order valence-corrected chi connectivity index (χ2v) is 15.2. The molecule has 5 aliphatic rings. The summed E-state index contributed by atoms with van der Waals surface area (Å²) in [6.07, 6.45) is 8.30. The van der Waals surface area contributed by atoms with Crippen LogP contribution < -0.4 is 10.2 Å². The average Bonchev–Trinajstić information content (AvgIpc) is 3.11. The molecule has 4 bridgehead atoms. The Balaban J connectivity index is 1.15. The average molecular weight is 731 g/mol. The zero-order valence-corrected chi connectivity index (χ0v) is 27.0. The number of hydrogen-bond acceptors (Lipinski definition) is 5. The van der Waals surface area contributed by atoms with E-state index in [9.17, 15) is 9.59 Å². The molecule has 0 spiro atoms. The number of thioether (sulfide) groups is 1. The van der Waals surface area contributed by atoms with Gasteiger partial charge in [0.15, 0.2) is 4.32 Å². The van der Waals surface area contributed by atoms with E-state index in [1.165, 1.54) is 36.0 Å². The highest BCUT2D eigenvalue weighted by Crippen LogP contribution is 2.60. The van der Waals surface area contributed by atoms with Crippen LogP contribution in [0.2, 0.25) is 10.0 Å². The van der Waals surface area contributed by atoms with Gasteiger partial charge in [-0.25, -0.2) is 0 Å². The topological polar surface area (TPSA) is 58.6 Å². The van der Waals surface area contributed by atoms with Gasteiger partial charge in [0.2, 0.25) is 5.91 Å². The van der Waals surface area contributed by atoms with E-state index in [-0.39, 0.29) is 23.8 Å². The smallest absolute Gasteiger partial charge is 0.285 e. The highest BCUT2D eigenvalue weighted by Gasteiger charge is 2.55. The summed E-state index contributed by atoms with van der Waals surface area (Å²) in [7, 11) is 0. The highest BCUT2D eigenvalue weighted by atomic mass is 79.9. The van der Waals surface area contributed by atoms with Crippen LogP contribution in [-0.4, -0.2) is 21.1 Å². The Kier molecular flexibility index (Phi) is 7.87.